The molecular formula is C34H50N4O3S3. The highest BCUT2D eigenvalue weighted by atomic mass is 32.1. The van der Waals surface area contributed by atoms with E-state index in [0.29, 0.717) is 5.76 Å². The van der Waals surface area contributed by atoms with Crippen LogP contribution in [-0.4, -0.2) is 20.1 Å². The van der Waals surface area contributed by atoms with Gasteiger partial charge >= 0.3 is 0 Å². The van der Waals surface area contributed by atoms with Crippen LogP contribution in [-0.2, 0) is 0 Å². The van der Waals surface area contributed by atoms with Crippen LogP contribution in [0.3, 0.4) is 0 Å². The molecule has 6 aromatic rings. The summed E-state index contributed by atoms with van der Waals surface area (Å²) in [6.45, 7) is 17.9. The van der Waals surface area contributed by atoms with Crippen LogP contribution in [0.15, 0.2) is 63.5 Å². The highest BCUT2D eigenvalue weighted by molar-refractivity contribution is 7.10. The van der Waals surface area contributed by atoms with Crippen molar-refractivity contribution in [2.75, 3.05) is 0 Å². The van der Waals surface area contributed by atoms with Gasteiger partial charge in [0.25, 0.3) is 0 Å². The Balaban J connectivity index is 0. The van der Waals surface area contributed by atoms with E-state index in [-0.39, 0.29) is 28.0 Å². The highest BCUT2D eigenvalue weighted by Crippen LogP contribution is 2.31. The fourth-order valence-electron chi connectivity index (χ4n) is 2.99. The molecule has 0 spiro atoms. The molecule has 6 rings (SSSR count). The van der Waals surface area contributed by atoms with E-state index in [0.717, 1.165) is 48.9 Å². The van der Waals surface area contributed by atoms with Gasteiger partial charge in [-0.2, -0.15) is 4.73 Å². The van der Waals surface area contributed by atoms with Crippen molar-refractivity contribution in [2.45, 2.75) is 84.6 Å². The molecule has 0 aliphatic heterocycles. The van der Waals surface area contributed by atoms with Gasteiger partial charge in [0.2, 0.25) is 0 Å². The number of benzene rings is 1. The molecule has 1 aromatic carbocycles. The van der Waals surface area contributed by atoms with Crippen LogP contribution in [0.1, 0.15) is 71.0 Å². The number of hydrogen-bond acceptors (Lipinski definition) is 9. The summed E-state index contributed by atoms with van der Waals surface area (Å²) in [7, 11) is 0. The third-order valence-corrected chi connectivity index (χ3v) is 8.27. The van der Waals surface area contributed by atoms with Crippen LogP contribution in [0.5, 0.6) is 5.75 Å². The molecule has 0 amide bonds. The van der Waals surface area contributed by atoms with Gasteiger partial charge in [-0.1, -0.05) is 28.3 Å². The smallest absolute Gasteiger partial charge is 0.180 e. The van der Waals surface area contributed by atoms with Gasteiger partial charge in [-0.05, 0) is 85.6 Å². The first-order valence-corrected chi connectivity index (χ1v) is 15.5. The zero-order valence-corrected chi connectivity index (χ0v) is 27.5. The lowest BCUT2D eigenvalue weighted by molar-refractivity contribution is -0.605. The number of aryl methyl sites for hydroxylation is 9. The predicted octanol–water partition coefficient (Wildman–Crippen LogP) is 10.6. The largest absolute Gasteiger partial charge is 0.619 e. The Hall–Kier alpha value is -3.60. The highest BCUT2D eigenvalue weighted by Gasteiger charge is 2.08. The number of nitrogens with zero attached hydrogens (tertiary/aromatic N) is 4. The Morgan fingerprint density at radius 1 is 0.727 bits per heavy atom. The van der Waals surface area contributed by atoms with E-state index in [1.165, 1.54) is 22.1 Å². The van der Waals surface area contributed by atoms with Crippen molar-refractivity contribution in [1.82, 2.24) is 15.0 Å². The van der Waals surface area contributed by atoms with Crippen LogP contribution in [0.4, 0.5) is 0 Å². The lowest BCUT2D eigenvalue weighted by Crippen LogP contribution is -2.23. The van der Waals surface area contributed by atoms with Gasteiger partial charge in [-0.15, -0.1) is 34.0 Å². The monoisotopic (exact) mass is 658 g/mol. The summed E-state index contributed by atoms with van der Waals surface area (Å²) in [5.74, 6) is 0.834. The second-order valence-electron chi connectivity index (χ2n) is 9.24. The van der Waals surface area contributed by atoms with E-state index >= 15 is 0 Å². The fourth-order valence-corrected chi connectivity index (χ4v) is 4.77. The van der Waals surface area contributed by atoms with Crippen molar-refractivity contribution in [3.63, 3.8) is 0 Å². The van der Waals surface area contributed by atoms with Crippen LogP contribution >= 0.6 is 34.0 Å². The molecule has 5 heterocycles. The zero-order chi connectivity index (χ0) is 30.5. The summed E-state index contributed by atoms with van der Waals surface area (Å²) in [4.78, 5) is 14.8. The first-order valence-electron chi connectivity index (χ1n) is 12.8. The number of pyridine rings is 1. The molecule has 0 radical (unpaired) electrons. The van der Waals surface area contributed by atoms with Crippen LogP contribution in [0.2, 0.25) is 0 Å². The third kappa shape index (κ3) is 14.7. The molecule has 0 bridgehead atoms. The molecule has 0 saturated heterocycles. The van der Waals surface area contributed by atoms with Crippen LogP contribution < -0.4 is 4.73 Å². The number of furan rings is 1. The Bertz CT molecular complexity index is 1510. The molecule has 0 saturated carbocycles. The van der Waals surface area contributed by atoms with Crippen molar-refractivity contribution >= 4 is 45.0 Å². The summed E-state index contributed by atoms with van der Waals surface area (Å²) in [5.41, 5.74) is 10.2. The molecular weight excluding hydrogens is 609 g/mol. The lowest BCUT2D eigenvalue weighted by atomic mass is 10.2. The Kier molecular flexibility index (Phi) is 20.5. The van der Waals surface area contributed by atoms with Gasteiger partial charge in [0, 0.05) is 33.0 Å². The Labute approximate surface area is 276 Å². The molecule has 0 aliphatic carbocycles. The molecule has 0 fully saturated rings. The molecule has 0 aliphatic rings. The summed E-state index contributed by atoms with van der Waals surface area (Å²) >= 11 is 5.08. The van der Waals surface area contributed by atoms with Gasteiger partial charge in [-0.3, -0.25) is 0 Å². The van der Waals surface area contributed by atoms with Crippen molar-refractivity contribution < 1.29 is 14.3 Å². The van der Waals surface area contributed by atoms with Gasteiger partial charge in [-0.25, -0.2) is 15.0 Å². The van der Waals surface area contributed by atoms with E-state index in [1.807, 2.05) is 70.8 Å². The average molecular weight is 659 g/mol. The van der Waals surface area contributed by atoms with Crippen LogP contribution in [0.25, 0.3) is 11.0 Å². The summed E-state index contributed by atoms with van der Waals surface area (Å²) in [6.07, 6.45) is 2.96. The third-order valence-electron chi connectivity index (χ3n) is 5.66. The van der Waals surface area contributed by atoms with Crippen molar-refractivity contribution in [3.8, 4) is 5.75 Å². The van der Waals surface area contributed by atoms with Crippen LogP contribution in [0, 0.1) is 67.5 Å². The minimum absolute atomic E-state index is 0. The maximum Gasteiger partial charge on any atom is 0.180 e. The SMILES string of the molecule is C.C.C.Cc1cc[n+]([O-])cc1.Cc1ccc2c(O)c(C)oc2c1.Cc1csc(C)n1.Cc1ncsc1C.Cc1ncsc1C. The number of rotatable bonds is 0. The summed E-state index contributed by atoms with van der Waals surface area (Å²) < 4.78 is 6.10. The van der Waals surface area contributed by atoms with Crippen molar-refractivity contribution in [3.05, 3.63) is 113 Å². The van der Waals surface area contributed by atoms with Gasteiger partial charge in [0.15, 0.2) is 18.1 Å². The molecule has 242 valence electrons. The fraction of sp³-hybridized carbons (Fsp3) is 0.353. The molecule has 0 unspecified atom stereocenters. The number of aromatic hydroxyl groups is 1. The molecule has 1 N–H and O–H groups in total. The van der Waals surface area contributed by atoms with E-state index in [2.05, 4.69) is 34.2 Å². The molecule has 7 nitrogen and oxygen atoms in total. The van der Waals surface area contributed by atoms with E-state index in [9.17, 15) is 10.3 Å². The Morgan fingerprint density at radius 2 is 1.25 bits per heavy atom. The maximum absolute atomic E-state index is 10.3. The number of fused-ring (bicyclic) bond motifs is 1. The van der Waals surface area contributed by atoms with Gasteiger partial charge in [0.1, 0.15) is 11.3 Å². The zero-order valence-electron chi connectivity index (χ0n) is 25.1. The van der Waals surface area contributed by atoms with E-state index in [1.54, 1.807) is 53.1 Å². The quantitative estimate of drug-likeness (QED) is 0.129. The van der Waals surface area contributed by atoms with Gasteiger partial charge < -0.3 is 14.7 Å². The molecule has 44 heavy (non-hydrogen) atoms. The minimum Gasteiger partial charge on any atom is -0.619 e. The number of aromatic nitrogens is 4. The van der Waals surface area contributed by atoms with Crippen molar-refractivity contribution in [1.29, 1.82) is 0 Å². The lowest BCUT2D eigenvalue weighted by Gasteiger charge is -1.92. The first kappa shape index (κ1) is 42.5. The topological polar surface area (TPSA) is 99.0 Å². The van der Waals surface area contributed by atoms with Crippen molar-refractivity contribution in [2.24, 2.45) is 0 Å². The molecule has 0 atom stereocenters. The summed E-state index contributed by atoms with van der Waals surface area (Å²) in [5, 5.41) is 23.8. The second-order valence-corrected chi connectivity index (χ2v) is 12.4. The maximum atomic E-state index is 10.3. The standard InChI is InChI=1S/C10H10O2.C6H7NO.3C5H7NS.3CH4/c1-6-3-4-8-9(5-6)12-7(2)10(8)11;1-6-2-4-7(8)5-3-6;2*1-4-5(2)7-3-6-4;1-4-3-7-5(2)6-4;;;/h3-5,11H,1-2H3;2-5H,1H3;3*3H,1-2H3;3*1H4. The first-order chi connectivity index (χ1) is 19.4. The number of hydrogen-bond donors (Lipinski definition) is 1. The number of thiazole rings is 3. The normalized spacial score (nSPS) is 9.11. The van der Waals surface area contributed by atoms with Gasteiger partial charge in [0.05, 0.1) is 32.8 Å². The minimum atomic E-state index is 0. The molecule has 5 aromatic heterocycles. The predicted molar refractivity (Wildman–Crippen MR) is 192 cm³/mol. The van der Waals surface area contributed by atoms with E-state index < -0.39 is 0 Å². The average Bonchev–Trinajstić information content (AvgIpc) is 3.68. The second kappa shape index (κ2) is 21.2. The van der Waals surface area contributed by atoms with E-state index in [4.69, 9.17) is 4.42 Å². The Morgan fingerprint density at radius 3 is 1.57 bits per heavy atom. The molecule has 10 heteroatoms. The summed E-state index contributed by atoms with van der Waals surface area (Å²) in [6, 6.07) is 9.29.